The zero-order chi connectivity index (χ0) is 10.7. The Labute approximate surface area is 82.9 Å². The first-order chi connectivity index (χ1) is 6.61. The summed E-state index contributed by atoms with van der Waals surface area (Å²) in [4.78, 5) is 0. The Hall–Kier alpha value is -1.42. The molecule has 1 aromatic carbocycles. The molecule has 0 unspecified atom stereocenters. The highest BCUT2D eigenvalue weighted by Crippen LogP contribution is 2.35. The van der Waals surface area contributed by atoms with Crippen molar-refractivity contribution in [2.75, 3.05) is 19.5 Å². The molecule has 0 aromatic heterocycles. The van der Waals surface area contributed by atoms with Gasteiger partial charge in [0, 0.05) is 17.7 Å². The number of nitrogens with two attached hydrogens (primary N) is 1. The second-order valence-corrected chi connectivity index (χ2v) is 3.10. The van der Waals surface area contributed by atoms with E-state index in [2.05, 4.69) is 0 Å². The van der Waals surface area contributed by atoms with Crippen LogP contribution >= 0.6 is 0 Å². The minimum absolute atomic E-state index is 0.00169. The Morgan fingerprint density at radius 3 is 2.64 bits per heavy atom. The monoisotopic (exact) mass is 197 g/mol. The van der Waals surface area contributed by atoms with Crippen molar-refractivity contribution in [2.24, 2.45) is 0 Å². The molecule has 78 valence electrons. The Kier molecular flexibility index (Phi) is 3.19. The van der Waals surface area contributed by atoms with Gasteiger partial charge in [-0.3, -0.25) is 0 Å². The normalized spacial score (nSPS) is 10.2. The predicted octanol–water partition coefficient (Wildman–Crippen LogP) is 0.826. The number of rotatable bonds is 3. The molecule has 0 radical (unpaired) electrons. The van der Waals surface area contributed by atoms with Crippen LogP contribution in [0.3, 0.4) is 0 Å². The van der Waals surface area contributed by atoms with Gasteiger partial charge in [0.25, 0.3) is 0 Å². The zero-order valence-electron chi connectivity index (χ0n) is 8.37. The zero-order valence-corrected chi connectivity index (χ0v) is 8.37. The molecule has 0 aliphatic heterocycles. The number of phenolic OH excluding ortho intramolecular Hbond substituents is 1. The van der Waals surface area contributed by atoms with Gasteiger partial charge in [0.1, 0.15) is 11.5 Å². The fourth-order valence-corrected chi connectivity index (χ4v) is 1.37. The number of phenols is 1. The lowest BCUT2D eigenvalue weighted by molar-refractivity contribution is 0.296. The number of nitrogen functional groups attached to an aromatic ring is 1. The third-order valence-corrected chi connectivity index (χ3v) is 2.22. The van der Waals surface area contributed by atoms with E-state index in [-0.39, 0.29) is 12.4 Å². The van der Waals surface area contributed by atoms with Crippen LogP contribution in [-0.2, 0) is 6.42 Å². The number of ether oxygens (including phenoxy) is 1. The second kappa shape index (κ2) is 4.19. The van der Waals surface area contributed by atoms with Crippen molar-refractivity contribution in [3.05, 3.63) is 17.2 Å². The molecule has 4 nitrogen and oxygen atoms in total. The highest BCUT2D eigenvalue weighted by Gasteiger charge is 2.12. The number of methoxy groups -OCH3 is 1. The van der Waals surface area contributed by atoms with Gasteiger partial charge in [-0.2, -0.15) is 0 Å². The molecule has 4 heteroatoms. The van der Waals surface area contributed by atoms with E-state index in [1.165, 1.54) is 7.11 Å². The quantitative estimate of drug-likeness (QED) is 0.627. The summed E-state index contributed by atoms with van der Waals surface area (Å²) >= 11 is 0. The number of hydrogen-bond acceptors (Lipinski definition) is 4. The van der Waals surface area contributed by atoms with E-state index in [0.717, 1.165) is 5.56 Å². The molecule has 0 saturated carbocycles. The second-order valence-electron chi connectivity index (χ2n) is 3.10. The van der Waals surface area contributed by atoms with Gasteiger partial charge in [0.05, 0.1) is 12.8 Å². The minimum Gasteiger partial charge on any atom is -0.508 e. The van der Waals surface area contributed by atoms with E-state index < -0.39 is 0 Å². The summed E-state index contributed by atoms with van der Waals surface area (Å²) in [7, 11) is 1.52. The largest absolute Gasteiger partial charge is 0.508 e. The molecule has 0 aliphatic carbocycles. The molecule has 0 bridgehead atoms. The average molecular weight is 197 g/mol. The van der Waals surface area contributed by atoms with E-state index in [1.54, 1.807) is 13.0 Å². The first kappa shape index (κ1) is 10.7. The topological polar surface area (TPSA) is 75.7 Å². The van der Waals surface area contributed by atoms with Gasteiger partial charge >= 0.3 is 0 Å². The van der Waals surface area contributed by atoms with Crippen LogP contribution in [-0.4, -0.2) is 23.9 Å². The number of aromatic hydroxyl groups is 1. The van der Waals surface area contributed by atoms with Crippen LogP contribution in [0.25, 0.3) is 0 Å². The van der Waals surface area contributed by atoms with Crippen molar-refractivity contribution < 1.29 is 14.9 Å². The number of hydrogen-bond donors (Lipinski definition) is 3. The summed E-state index contributed by atoms with van der Waals surface area (Å²) < 4.78 is 5.12. The van der Waals surface area contributed by atoms with Crippen molar-refractivity contribution in [1.82, 2.24) is 0 Å². The van der Waals surface area contributed by atoms with Gasteiger partial charge in [-0.05, 0) is 19.4 Å². The fourth-order valence-electron chi connectivity index (χ4n) is 1.37. The predicted molar refractivity (Wildman–Crippen MR) is 54.6 cm³/mol. The highest BCUT2D eigenvalue weighted by molar-refractivity contribution is 5.66. The van der Waals surface area contributed by atoms with Gasteiger partial charge in [-0.1, -0.05) is 0 Å². The van der Waals surface area contributed by atoms with Gasteiger partial charge < -0.3 is 20.7 Å². The fraction of sp³-hybridized carbons (Fsp3) is 0.400. The van der Waals surface area contributed by atoms with Crippen molar-refractivity contribution in [2.45, 2.75) is 13.3 Å². The van der Waals surface area contributed by atoms with Crippen LogP contribution in [0.15, 0.2) is 6.07 Å². The standard InChI is InChI=1S/C10H15NO3/c1-6-8(13)5-7(3-4-12)10(14-2)9(6)11/h5,12-13H,3-4,11H2,1-2H3. The summed E-state index contributed by atoms with van der Waals surface area (Å²) in [6, 6.07) is 1.57. The third kappa shape index (κ3) is 1.75. The van der Waals surface area contributed by atoms with Crippen LogP contribution in [0, 0.1) is 6.92 Å². The van der Waals surface area contributed by atoms with E-state index in [9.17, 15) is 5.11 Å². The summed E-state index contributed by atoms with van der Waals surface area (Å²) in [5, 5.41) is 18.3. The molecule has 0 heterocycles. The average Bonchev–Trinajstić information content (AvgIpc) is 2.16. The van der Waals surface area contributed by atoms with Crippen molar-refractivity contribution in [3.8, 4) is 11.5 Å². The van der Waals surface area contributed by atoms with Crippen LogP contribution in [0.1, 0.15) is 11.1 Å². The maximum absolute atomic E-state index is 9.51. The Morgan fingerprint density at radius 2 is 2.14 bits per heavy atom. The van der Waals surface area contributed by atoms with E-state index in [4.69, 9.17) is 15.6 Å². The lowest BCUT2D eigenvalue weighted by Crippen LogP contribution is -2.02. The number of anilines is 1. The molecule has 0 aliphatic rings. The molecule has 0 spiro atoms. The van der Waals surface area contributed by atoms with Crippen LogP contribution in [0.5, 0.6) is 11.5 Å². The van der Waals surface area contributed by atoms with Crippen LogP contribution < -0.4 is 10.5 Å². The first-order valence-electron chi connectivity index (χ1n) is 4.37. The molecule has 0 saturated heterocycles. The number of aliphatic hydroxyl groups is 1. The van der Waals surface area contributed by atoms with E-state index in [1.807, 2.05) is 0 Å². The van der Waals surface area contributed by atoms with Crippen molar-refractivity contribution in [1.29, 1.82) is 0 Å². The highest BCUT2D eigenvalue weighted by atomic mass is 16.5. The van der Waals surface area contributed by atoms with Crippen LogP contribution in [0.2, 0.25) is 0 Å². The number of benzene rings is 1. The summed E-state index contributed by atoms with van der Waals surface area (Å²) in [5.41, 5.74) is 7.50. The van der Waals surface area contributed by atoms with Crippen molar-refractivity contribution >= 4 is 5.69 Å². The van der Waals surface area contributed by atoms with Gasteiger partial charge in [0.15, 0.2) is 0 Å². The molecule has 1 rings (SSSR count). The smallest absolute Gasteiger partial charge is 0.145 e. The van der Waals surface area contributed by atoms with Crippen LogP contribution in [0.4, 0.5) is 5.69 Å². The lowest BCUT2D eigenvalue weighted by atomic mass is 10.0. The lowest BCUT2D eigenvalue weighted by Gasteiger charge is -2.13. The van der Waals surface area contributed by atoms with Gasteiger partial charge in [0.2, 0.25) is 0 Å². The Balaban J connectivity index is 3.28. The summed E-state index contributed by atoms with van der Waals surface area (Å²) in [5.74, 6) is 0.668. The minimum atomic E-state index is -0.00169. The molecule has 0 atom stereocenters. The third-order valence-electron chi connectivity index (χ3n) is 2.22. The molecule has 0 fully saturated rings. The Bertz CT molecular complexity index is 337. The Morgan fingerprint density at radius 1 is 1.50 bits per heavy atom. The summed E-state index contributed by atoms with van der Waals surface area (Å²) in [6.07, 6.45) is 0.418. The molecule has 14 heavy (non-hydrogen) atoms. The SMILES string of the molecule is COc1c(CCO)cc(O)c(C)c1N. The maximum Gasteiger partial charge on any atom is 0.145 e. The number of aliphatic hydroxyl groups excluding tert-OH is 1. The summed E-state index contributed by atoms with van der Waals surface area (Å²) in [6.45, 7) is 1.72. The molecular formula is C10H15NO3. The van der Waals surface area contributed by atoms with Crippen molar-refractivity contribution in [3.63, 3.8) is 0 Å². The van der Waals surface area contributed by atoms with E-state index in [0.29, 0.717) is 23.4 Å². The van der Waals surface area contributed by atoms with E-state index >= 15 is 0 Å². The van der Waals surface area contributed by atoms with Gasteiger partial charge in [-0.25, -0.2) is 0 Å². The molecule has 4 N–H and O–H groups in total. The van der Waals surface area contributed by atoms with Gasteiger partial charge in [-0.15, -0.1) is 0 Å². The first-order valence-corrected chi connectivity index (χ1v) is 4.37. The molecule has 0 amide bonds. The maximum atomic E-state index is 9.51. The molecule has 1 aromatic rings. The molecular weight excluding hydrogens is 182 g/mol.